The molecule has 0 aliphatic heterocycles. The molecule has 1 aromatic carbocycles. The third-order valence-electron chi connectivity index (χ3n) is 1.64. The van der Waals surface area contributed by atoms with E-state index in [1.165, 1.54) is 6.07 Å². The normalized spacial score (nSPS) is 10.5. The standard InChI is InChI=1S/C9H8O6/c10-6-3-1-5(2-4-7(11)12)8(13)9(6)15-14/h1-4,10,13-14H,(H,11,12). The van der Waals surface area contributed by atoms with Crippen LogP contribution >= 0.6 is 0 Å². The predicted octanol–water partition coefficient (Wildman–Crippen LogP) is 1.05. The first-order valence-corrected chi connectivity index (χ1v) is 3.83. The molecule has 0 saturated carbocycles. The van der Waals surface area contributed by atoms with Crippen LogP contribution in [0, 0.1) is 0 Å². The van der Waals surface area contributed by atoms with E-state index < -0.39 is 23.2 Å². The molecule has 0 aliphatic rings. The van der Waals surface area contributed by atoms with Crippen molar-refractivity contribution in [3.63, 3.8) is 0 Å². The van der Waals surface area contributed by atoms with Crippen molar-refractivity contribution in [2.24, 2.45) is 0 Å². The van der Waals surface area contributed by atoms with Gasteiger partial charge in [-0.3, -0.25) is 0 Å². The second-order valence-corrected chi connectivity index (χ2v) is 2.61. The molecule has 0 amide bonds. The average Bonchev–Trinajstić information content (AvgIpc) is 2.17. The number of hydrogen-bond donors (Lipinski definition) is 4. The van der Waals surface area contributed by atoms with Gasteiger partial charge in [0.05, 0.1) is 0 Å². The van der Waals surface area contributed by atoms with E-state index in [1.807, 2.05) is 0 Å². The number of benzene rings is 1. The van der Waals surface area contributed by atoms with Crippen LogP contribution in [-0.4, -0.2) is 26.5 Å². The van der Waals surface area contributed by atoms with E-state index in [1.54, 1.807) is 0 Å². The highest BCUT2D eigenvalue weighted by Gasteiger charge is 2.12. The van der Waals surface area contributed by atoms with Gasteiger partial charge in [-0.2, -0.15) is 0 Å². The van der Waals surface area contributed by atoms with Gasteiger partial charge in [0.2, 0.25) is 5.75 Å². The number of phenols is 2. The first-order chi connectivity index (χ1) is 7.06. The summed E-state index contributed by atoms with van der Waals surface area (Å²) in [6.45, 7) is 0. The first-order valence-electron chi connectivity index (χ1n) is 3.83. The summed E-state index contributed by atoms with van der Waals surface area (Å²) in [5, 5.41) is 35.2. The van der Waals surface area contributed by atoms with Gasteiger partial charge >= 0.3 is 5.97 Å². The van der Waals surface area contributed by atoms with E-state index in [0.29, 0.717) is 0 Å². The van der Waals surface area contributed by atoms with E-state index in [2.05, 4.69) is 4.89 Å². The Morgan fingerprint density at radius 2 is 2.00 bits per heavy atom. The van der Waals surface area contributed by atoms with Crippen molar-refractivity contribution >= 4 is 12.0 Å². The number of hydrogen-bond acceptors (Lipinski definition) is 5. The Morgan fingerprint density at radius 1 is 1.33 bits per heavy atom. The van der Waals surface area contributed by atoms with Crippen LogP contribution in [-0.2, 0) is 4.79 Å². The maximum absolute atomic E-state index is 10.2. The SMILES string of the molecule is O=C(O)C=Cc1ccc(O)c(OO)c1O. The Labute approximate surface area is 84.2 Å². The Balaban J connectivity index is 3.16. The first kappa shape index (κ1) is 10.9. The summed E-state index contributed by atoms with van der Waals surface area (Å²) >= 11 is 0. The van der Waals surface area contributed by atoms with Crippen molar-refractivity contribution in [3.05, 3.63) is 23.8 Å². The highest BCUT2D eigenvalue weighted by molar-refractivity contribution is 5.86. The van der Waals surface area contributed by atoms with Gasteiger partial charge in [-0.1, -0.05) is 0 Å². The molecule has 0 atom stereocenters. The molecule has 0 bridgehead atoms. The molecule has 0 heterocycles. The summed E-state index contributed by atoms with van der Waals surface area (Å²) in [7, 11) is 0. The van der Waals surface area contributed by atoms with E-state index in [-0.39, 0.29) is 5.56 Å². The lowest BCUT2D eigenvalue weighted by atomic mass is 10.1. The van der Waals surface area contributed by atoms with Crippen molar-refractivity contribution in [1.82, 2.24) is 0 Å². The zero-order valence-corrected chi connectivity index (χ0v) is 7.41. The summed E-state index contributed by atoms with van der Waals surface area (Å²) in [6, 6.07) is 2.42. The smallest absolute Gasteiger partial charge is 0.328 e. The van der Waals surface area contributed by atoms with Crippen molar-refractivity contribution in [2.75, 3.05) is 0 Å². The molecule has 6 nitrogen and oxygen atoms in total. The molecule has 4 N–H and O–H groups in total. The van der Waals surface area contributed by atoms with Gasteiger partial charge in [-0.05, 0) is 18.2 Å². The minimum Gasteiger partial charge on any atom is -0.504 e. The molecule has 0 radical (unpaired) electrons. The lowest BCUT2D eigenvalue weighted by molar-refractivity contribution is -0.140. The van der Waals surface area contributed by atoms with Crippen molar-refractivity contribution < 1.29 is 30.3 Å². The summed E-state index contributed by atoms with van der Waals surface area (Å²) in [4.78, 5) is 13.9. The van der Waals surface area contributed by atoms with Gasteiger partial charge in [0.1, 0.15) is 0 Å². The van der Waals surface area contributed by atoms with Crippen LogP contribution in [0.4, 0.5) is 0 Å². The molecule has 1 aromatic rings. The largest absolute Gasteiger partial charge is 0.504 e. The summed E-state index contributed by atoms with van der Waals surface area (Å²) in [5.74, 6) is -2.71. The van der Waals surface area contributed by atoms with Gasteiger partial charge in [0.15, 0.2) is 11.5 Å². The number of rotatable bonds is 3. The maximum atomic E-state index is 10.2. The topological polar surface area (TPSA) is 107 Å². The fourth-order valence-corrected chi connectivity index (χ4v) is 0.961. The lowest BCUT2D eigenvalue weighted by Crippen LogP contribution is -1.89. The zero-order chi connectivity index (χ0) is 11.4. The van der Waals surface area contributed by atoms with Crippen LogP contribution in [0.5, 0.6) is 17.2 Å². The molecule has 80 valence electrons. The number of aliphatic carboxylic acids is 1. The van der Waals surface area contributed by atoms with Gasteiger partial charge in [0, 0.05) is 11.6 Å². The molecule has 0 unspecified atom stereocenters. The number of carbonyl (C=O) groups is 1. The predicted molar refractivity (Wildman–Crippen MR) is 49.7 cm³/mol. The molecule has 6 heteroatoms. The molecule has 0 spiro atoms. The summed E-state index contributed by atoms with van der Waals surface area (Å²) < 4.78 is 0. The molecule has 0 fully saturated rings. The Hall–Kier alpha value is -2.21. The van der Waals surface area contributed by atoms with E-state index in [0.717, 1.165) is 18.2 Å². The third kappa shape index (κ3) is 2.38. The van der Waals surface area contributed by atoms with Crippen LogP contribution < -0.4 is 4.89 Å². The van der Waals surface area contributed by atoms with Crippen LogP contribution in [0.1, 0.15) is 5.56 Å². The minimum absolute atomic E-state index is 0.0965. The van der Waals surface area contributed by atoms with E-state index in [9.17, 15) is 9.90 Å². The molecule has 15 heavy (non-hydrogen) atoms. The van der Waals surface area contributed by atoms with Crippen LogP contribution in [0.25, 0.3) is 6.08 Å². The fraction of sp³-hybridized carbons (Fsp3) is 0. The number of phenolic OH excluding ortho intramolecular Hbond substituents is 2. The second kappa shape index (κ2) is 4.34. The fourth-order valence-electron chi connectivity index (χ4n) is 0.961. The van der Waals surface area contributed by atoms with Crippen LogP contribution in [0.2, 0.25) is 0 Å². The lowest BCUT2D eigenvalue weighted by Gasteiger charge is -2.05. The number of carboxylic acid groups (broad SMARTS) is 1. The molecule has 1 rings (SSSR count). The highest BCUT2D eigenvalue weighted by atomic mass is 17.1. The third-order valence-corrected chi connectivity index (χ3v) is 1.64. The van der Waals surface area contributed by atoms with E-state index in [4.69, 9.17) is 15.5 Å². The number of aromatic hydroxyl groups is 2. The summed E-state index contributed by atoms with van der Waals surface area (Å²) in [6.07, 6.45) is 1.90. The number of carboxylic acids is 1. The van der Waals surface area contributed by atoms with Gasteiger partial charge < -0.3 is 20.2 Å². The average molecular weight is 212 g/mol. The molecule has 0 aliphatic carbocycles. The van der Waals surface area contributed by atoms with Crippen molar-refractivity contribution in [3.8, 4) is 17.2 Å². The minimum atomic E-state index is -1.19. The Bertz CT molecular complexity index is 409. The van der Waals surface area contributed by atoms with Crippen molar-refractivity contribution in [1.29, 1.82) is 0 Å². The summed E-state index contributed by atoms with van der Waals surface area (Å²) in [5.41, 5.74) is 0.0965. The van der Waals surface area contributed by atoms with E-state index >= 15 is 0 Å². The molecule has 0 aromatic heterocycles. The monoisotopic (exact) mass is 212 g/mol. The van der Waals surface area contributed by atoms with Crippen molar-refractivity contribution in [2.45, 2.75) is 0 Å². The van der Waals surface area contributed by atoms with Gasteiger partial charge in [0.25, 0.3) is 0 Å². The Kier molecular flexibility index (Phi) is 3.14. The second-order valence-electron chi connectivity index (χ2n) is 2.61. The molecular weight excluding hydrogens is 204 g/mol. The Morgan fingerprint density at radius 3 is 2.53 bits per heavy atom. The highest BCUT2D eigenvalue weighted by Crippen LogP contribution is 2.38. The van der Waals surface area contributed by atoms with Crippen LogP contribution in [0.15, 0.2) is 18.2 Å². The quantitative estimate of drug-likeness (QED) is 0.339. The van der Waals surface area contributed by atoms with Gasteiger partial charge in [-0.15, -0.1) is 0 Å². The van der Waals surface area contributed by atoms with Crippen LogP contribution in [0.3, 0.4) is 0 Å². The molecular formula is C9H8O6. The maximum Gasteiger partial charge on any atom is 0.328 e. The van der Waals surface area contributed by atoms with Gasteiger partial charge in [-0.25, -0.2) is 10.1 Å². The zero-order valence-electron chi connectivity index (χ0n) is 7.41. The molecule has 0 saturated heterocycles.